The van der Waals surface area contributed by atoms with Crippen LogP contribution >= 0.6 is 0 Å². The van der Waals surface area contributed by atoms with E-state index in [1.165, 1.54) is 0 Å². The molecule has 0 fully saturated rings. The van der Waals surface area contributed by atoms with Gasteiger partial charge < -0.3 is 19.1 Å². The van der Waals surface area contributed by atoms with Crippen LogP contribution in [0.5, 0.6) is 0 Å². The van der Waals surface area contributed by atoms with Crippen molar-refractivity contribution in [2.45, 2.75) is 19.9 Å². The highest BCUT2D eigenvalue weighted by molar-refractivity contribution is 6.58. The molecule has 0 saturated heterocycles. The molecule has 1 atom stereocenters. The first kappa shape index (κ1) is 21.8. The van der Waals surface area contributed by atoms with Gasteiger partial charge >= 0.3 is 7.12 Å². The van der Waals surface area contributed by atoms with Gasteiger partial charge in [0.05, 0.1) is 28.5 Å². The quantitative estimate of drug-likeness (QED) is 0.302. The molecule has 7 nitrogen and oxygen atoms in total. The van der Waals surface area contributed by atoms with Crippen LogP contribution in [0.25, 0.3) is 33.3 Å². The predicted molar refractivity (Wildman–Crippen MR) is 133 cm³/mol. The molecule has 0 aliphatic heterocycles. The van der Waals surface area contributed by atoms with E-state index in [1.807, 2.05) is 62.6 Å². The highest BCUT2D eigenvalue weighted by atomic mass is 16.5. The minimum absolute atomic E-state index is 0.210. The van der Waals surface area contributed by atoms with Crippen molar-refractivity contribution in [3.63, 3.8) is 0 Å². The number of hydrogen-bond acceptors (Lipinski definition) is 6. The zero-order valence-electron chi connectivity index (χ0n) is 18.9. The second-order valence-corrected chi connectivity index (χ2v) is 8.17. The van der Waals surface area contributed by atoms with Crippen molar-refractivity contribution >= 4 is 23.6 Å². The number of hydrogen-bond donors (Lipinski definition) is 2. The summed E-state index contributed by atoms with van der Waals surface area (Å²) in [4.78, 5) is 9.39. The lowest BCUT2D eigenvalue weighted by Gasteiger charge is -2.16. The Morgan fingerprint density at radius 1 is 1.06 bits per heavy atom. The van der Waals surface area contributed by atoms with Crippen LogP contribution in [0.4, 0.5) is 0 Å². The van der Waals surface area contributed by atoms with Crippen molar-refractivity contribution in [1.82, 2.24) is 19.7 Å². The van der Waals surface area contributed by atoms with Gasteiger partial charge in [-0.05, 0) is 43.1 Å². The van der Waals surface area contributed by atoms with Crippen molar-refractivity contribution in [3.05, 3.63) is 96.9 Å². The summed E-state index contributed by atoms with van der Waals surface area (Å²) < 4.78 is 7.50. The third kappa shape index (κ3) is 3.73. The van der Waals surface area contributed by atoms with E-state index in [4.69, 9.17) is 9.51 Å². The number of aromatic nitrogens is 4. The largest absolute Gasteiger partial charge is 0.488 e. The van der Waals surface area contributed by atoms with E-state index in [0.717, 1.165) is 50.4 Å². The molecule has 4 heterocycles. The van der Waals surface area contributed by atoms with Crippen molar-refractivity contribution in [1.29, 1.82) is 0 Å². The summed E-state index contributed by atoms with van der Waals surface area (Å²) in [6, 6.07) is 14.8. The molecule has 8 heteroatoms. The Balaban J connectivity index is 1.74. The SMILES string of the molecule is C=C[C@H](c1ccccn1)n1cc(-c2ccc(B(O)O)cc2)c2ncc(-c3c(C)noc3C)cc21. The molecule has 0 bridgehead atoms. The summed E-state index contributed by atoms with van der Waals surface area (Å²) in [6.45, 7) is 7.88. The van der Waals surface area contributed by atoms with E-state index in [1.54, 1.807) is 18.3 Å². The second kappa shape index (κ2) is 8.74. The van der Waals surface area contributed by atoms with Crippen molar-refractivity contribution in [2.24, 2.45) is 0 Å². The van der Waals surface area contributed by atoms with Gasteiger partial charge in [0.2, 0.25) is 0 Å². The van der Waals surface area contributed by atoms with Gasteiger partial charge in [-0.25, -0.2) is 0 Å². The minimum atomic E-state index is -1.51. The Labute approximate surface area is 197 Å². The molecular formula is C26H23BN4O3. The normalized spacial score (nSPS) is 12.1. The second-order valence-electron chi connectivity index (χ2n) is 8.17. The van der Waals surface area contributed by atoms with Crippen LogP contribution < -0.4 is 5.46 Å². The Morgan fingerprint density at radius 3 is 2.47 bits per heavy atom. The van der Waals surface area contributed by atoms with Gasteiger partial charge in [-0.15, -0.1) is 6.58 Å². The average Bonchev–Trinajstić information content (AvgIpc) is 3.39. The average molecular weight is 450 g/mol. The van der Waals surface area contributed by atoms with Gasteiger partial charge in [0.15, 0.2) is 0 Å². The number of aryl methyl sites for hydroxylation is 2. The Hall–Kier alpha value is -4.01. The Bertz CT molecular complexity index is 1450. The van der Waals surface area contributed by atoms with E-state index in [9.17, 15) is 10.0 Å². The zero-order valence-corrected chi connectivity index (χ0v) is 18.9. The van der Waals surface area contributed by atoms with E-state index in [-0.39, 0.29) is 6.04 Å². The third-order valence-corrected chi connectivity index (χ3v) is 6.02. The molecule has 4 aromatic heterocycles. The van der Waals surface area contributed by atoms with Gasteiger partial charge in [-0.1, -0.05) is 41.6 Å². The molecule has 0 spiro atoms. The summed E-state index contributed by atoms with van der Waals surface area (Å²) in [5.74, 6) is 0.736. The molecule has 168 valence electrons. The number of nitrogens with zero attached hydrogens (tertiary/aromatic N) is 4. The lowest BCUT2D eigenvalue weighted by Crippen LogP contribution is -2.29. The fourth-order valence-corrected chi connectivity index (χ4v) is 4.36. The standard InChI is InChI=1S/C26H23BN4O3/c1-4-23(22-7-5-6-12-28-22)31-15-21(18-8-10-20(11-9-18)27(32)33)26-24(31)13-19(14-29-26)25-16(2)30-34-17(25)3/h4-15,23,32-33H,1H2,2-3H3/t23-/m1/s1. The number of fused-ring (bicyclic) bond motifs is 1. The van der Waals surface area contributed by atoms with Crippen LogP contribution in [0.15, 0.2) is 84.3 Å². The maximum Gasteiger partial charge on any atom is 0.488 e. The predicted octanol–water partition coefficient (Wildman–Crippen LogP) is 3.83. The molecule has 34 heavy (non-hydrogen) atoms. The Morgan fingerprint density at radius 2 is 1.85 bits per heavy atom. The summed E-state index contributed by atoms with van der Waals surface area (Å²) in [6.07, 6.45) is 7.50. The number of allylic oxidation sites excluding steroid dienone is 1. The topological polar surface area (TPSA) is 97.2 Å². The van der Waals surface area contributed by atoms with Crippen molar-refractivity contribution < 1.29 is 14.6 Å². The maximum absolute atomic E-state index is 9.47. The molecule has 0 aliphatic rings. The fourth-order valence-electron chi connectivity index (χ4n) is 4.36. The van der Waals surface area contributed by atoms with Crippen LogP contribution in [0.2, 0.25) is 0 Å². The highest BCUT2D eigenvalue weighted by Gasteiger charge is 2.21. The first-order valence-electron chi connectivity index (χ1n) is 10.9. The fraction of sp³-hybridized carbons (Fsp3) is 0.115. The maximum atomic E-state index is 9.47. The Kier molecular flexibility index (Phi) is 5.61. The molecule has 0 unspecified atom stereocenters. The van der Waals surface area contributed by atoms with E-state index in [2.05, 4.69) is 27.4 Å². The van der Waals surface area contributed by atoms with Gasteiger partial charge in [-0.3, -0.25) is 9.97 Å². The van der Waals surface area contributed by atoms with Gasteiger partial charge in [0.25, 0.3) is 0 Å². The summed E-state index contributed by atoms with van der Waals surface area (Å²) in [5.41, 5.74) is 7.50. The van der Waals surface area contributed by atoms with E-state index < -0.39 is 7.12 Å². The molecule has 5 rings (SSSR count). The third-order valence-electron chi connectivity index (χ3n) is 6.02. The summed E-state index contributed by atoms with van der Waals surface area (Å²) >= 11 is 0. The molecule has 0 radical (unpaired) electrons. The molecule has 5 aromatic rings. The van der Waals surface area contributed by atoms with Gasteiger partial charge in [0.1, 0.15) is 5.76 Å². The zero-order chi connectivity index (χ0) is 23.8. The van der Waals surface area contributed by atoms with Gasteiger partial charge in [0, 0.05) is 35.3 Å². The van der Waals surface area contributed by atoms with Crippen LogP contribution in [-0.2, 0) is 0 Å². The monoisotopic (exact) mass is 450 g/mol. The van der Waals surface area contributed by atoms with E-state index >= 15 is 0 Å². The van der Waals surface area contributed by atoms with Crippen molar-refractivity contribution in [3.8, 4) is 22.3 Å². The minimum Gasteiger partial charge on any atom is -0.423 e. The van der Waals surface area contributed by atoms with Gasteiger partial charge in [-0.2, -0.15) is 0 Å². The van der Waals surface area contributed by atoms with Crippen LogP contribution in [-0.4, -0.2) is 36.9 Å². The highest BCUT2D eigenvalue weighted by Crippen LogP contribution is 2.36. The molecule has 0 aliphatic carbocycles. The number of pyridine rings is 2. The van der Waals surface area contributed by atoms with Crippen molar-refractivity contribution in [2.75, 3.05) is 0 Å². The lowest BCUT2D eigenvalue weighted by atomic mass is 9.80. The molecule has 2 N–H and O–H groups in total. The summed E-state index contributed by atoms with van der Waals surface area (Å²) in [5, 5.41) is 23.0. The molecular weight excluding hydrogens is 427 g/mol. The molecule has 1 aromatic carbocycles. The van der Waals surface area contributed by atoms with Crippen LogP contribution in [0.3, 0.4) is 0 Å². The van der Waals surface area contributed by atoms with Crippen LogP contribution in [0, 0.1) is 13.8 Å². The number of rotatable bonds is 6. The molecule has 0 amide bonds. The first-order valence-corrected chi connectivity index (χ1v) is 10.9. The molecule has 0 saturated carbocycles. The first-order chi connectivity index (χ1) is 16.5. The smallest absolute Gasteiger partial charge is 0.423 e. The van der Waals surface area contributed by atoms with E-state index in [0.29, 0.717) is 5.46 Å². The summed E-state index contributed by atoms with van der Waals surface area (Å²) in [7, 11) is -1.51. The lowest BCUT2D eigenvalue weighted by molar-refractivity contribution is 0.393. The van der Waals surface area contributed by atoms with Crippen LogP contribution in [0.1, 0.15) is 23.2 Å². The number of benzene rings is 1.